The summed E-state index contributed by atoms with van der Waals surface area (Å²) in [6.07, 6.45) is 5.20. The zero-order chi connectivity index (χ0) is 24.5. The van der Waals surface area contributed by atoms with Gasteiger partial charge in [-0.1, -0.05) is 49.4 Å². The van der Waals surface area contributed by atoms with Crippen LogP contribution >= 0.6 is 0 Å². The summed E-state index contributed by atoms with van der Waals surface area (Å²) in [5.41, 5.74) is 4.51. The lowest BCUT2D eigenvalue weighted by Gasteiger charge is -2.19. The first-order valence-electron chi connectivity index (χ1n) is 12.8. The van der Waals surface area contributed by atoms with E-state index in [2.05, 4.69) is 17.9 Å². The van der Waals surface area contributed by atoms with Crippen LogP contribution in [0.2, 0.25) is 0 Å². The van der Waals surface area contributed by atoms with Crippen LogP contribution in [0.25, 0.3) is 11.1 Å². The van der Waals surface area contributed by atoms with E-state index >= 15 is 0 Å². The van der Waals surface area contributed by atoms with Crippen molar-refractivity contribution in [2.75, 3.05) is 37.7 Å². The molecule has 0 radical (unpaired) electrons. The lowest BCUT2D eigenvalue weighted by atomic mass is 10.1. The molecule has 2 fully saturated rings. The Kier molecular flexibility index (Phi) is 8.79. The van der Waals surface area contributed by atoms with E-state index in [4.69, 9.17) is 9.84 Å². The Morgan fingerprint density at radius 2 is 1.57 bits per heavy atom. The summed E-state index contributed by atoms with van der Waals surface area (Å²) in [6, 6.07) is 23.5. The van der Waals surface area contributed by atoms with Crippen molar-refractivity contribution in [2.24, 2.45) is 0 Å². The maximum Gasteiger partial charge on any atom is 0.227 e. The highest BCUT2D eigenvalue weighted by Crippen LogP contribution is 2.28. The number of aryl methyl sites for hydroxylation is 1. The van der Waals surface area contributed by atoms with Crippen LogP contribution < -0.4 is 9.64 Å². The minimum Gasteiger partial charge on any atom is -0.508 e. The molecule has 2 aliphatic heterocycles. The number of carbonyl (C=O) groups excluding carboxylic acids is 1. The van der Waals surface area contributed by atoms with Crippen molar-refractivity contribution in [3.05, 3.63) is 78.4 Å². The highest BCUT2D eigenvalue weighted by molar-refractivity contribution is 5.95. The molecule has 0 unspecified atom stereocenters. The van der Waals surface area contributed by atoms with Crippen LogP contribution in [0, 0.1) is 0 Å². The Morgan fingerprint density at radius 1 is 0.857 bits per heavy atom. The second-order valence-corrected chi connectivity index (χ2v) is 9.10. The number of hydrogen-bond donors (Lipinski definition) is 1. The molecule has 35 heavy (non-hydrogen) atoms. The van der Waals surface area contributed by atoms with E-state index in [-0.39, 0.29) is 5.91 Å². The van der Waals surface area contributed by atoms with Crippen molar-refractivity contribution in [3.8, 4) is 22.6 Å². The smallest absolute Gasteiger partial charge is 0.227 e. The lowest BCUT2D eigenvalue weighted by Crippen LogP contribution is -2.25. The molecule has 0 aromatic heterocycles. The Hall–Kier alpha value is -3.31. The first-order chi connectivity index (χ1) is 17.1. The molecule has 5 rings (SSSR count). The molecule has 2 heterocycles. The van der Waals surface area contributed by atoms with Crippen LogP contribution in [0.1, 0.15) is 38.2 Å². The average Bonchev–Trinajstić information content (AvgIpc) is 3.57. The van der Waals surface area contributed by atoms with Gasteiger partial charge in [0.15, 0.2) is 0 Å². The largest absolute Gasteiger partial charge is 0.508 e. The van der Waals surface area contributed by atoms with Crippen LogP contribution in [-0.2, 0) is 11.2 Å². The van der Waals surface area contributed by atoms with Gasteiger partial charge < -0.3 is 14.7 Å². The van der Waals surface area contributed by atoms with Gasteiger partial charge in [-0.3, -0.25) is 9.69 Å². The maximum absolute atomic E-state index is 11.9. The van der Waals surface area contributed by atoms with Crippen molar-refractivity contribution < 1.29 is 14.6 Å². The Bertz CT molecular complexity index is 1080. The van der Waals surface area contributed by atoms with Gasteiger partial charge in [-0.15, -0.1) is 0 Å². The second-order valence-electron chi connectivity index (χ2n) is 9.10. The number of hydrogen-bond acceptors (Lipinski definition) is 4. The predicted molar refractivity (Wildman–Crippen MR) is 142 cm³/mol. The summed E-state index contributed by atoms with van der Waals surface area (Å²) in [4.78, 5) is 16.2. The summed E-state index contributed by atoms with van der Waals surface area (Å²) in [5.74, 6) is 1.52. The fraction of sp³-hybridized carbons (Fsp3) is 0.367. The third kappa shape index (κ3) is 6.86. The van der Waals surface area contributed by atoms with Gasteiger partial charge in [0.05, 0.1) is 0 Å². The van der Waals surface area contributed by atoms with E-state index in [0.717, 1.165) is 49.5 Å². The van der Waals surface area contributed by atoms with Crippen molar-refractivity contribution in [1.82, 2.24) is 4.90 Å². The Morgan fingerprint density at radius 3 is 2.23 bits per heavy atom. The zero-order valence-corrected chi connectivity index (χ0v) is 20.7. The number of anilines is 1. The molecule has 0 spiro atoms. The molecule has 1 N–H and O–H groups in total. The highest BCUT2D eigenvalue weighted by Gasteiger charge is 2.22. The third-order valence-corrected chi connectivity index (χ3v) is 6.65. The van der Waals surface area contributed by atoms with Gasteiger partial charge in [-0.05, 0) is 85.8 Å². The summed E-state index contributed by atoms with van der Waals surface area (Å²) < 4.78 is 5.99. The monoisotopic (exact) mass is 472 g/mol. The molecule has 0 saturated carbocycles. The van der Waals surface area contributed by atoms with Crippen molar-refractivity contribution in [3.63, 3.8) is 0 Å². The number of carbonyl (C=O) groups is 1. The molecule has 0 bridgehead atoms. The van der Waals surface area contributed by atoms with Gasteiger partial charge >= 0.3 is 0 Å². The van der Waals surface area contributed by atoms with Gasteiger partial charge in [-0.25, -0.2) is 0 Å². The third-order valence-electron chi connectivity index (χ3n) is 6.65. The van der Waals surface area contributed by atoms with E-state index < -0.39 is 0 Å². The van der Waals surface area contributed by atoms with Crippen LogP contribution in [0.3, 0.4) is 0 Å². The molecule has 2 aliphatic rings. The molecular weight excluding hydrogens is 436 g/mol. The normalized spacial score (nSPS) is 15.7. The van der Waals surface area contributed by atoms with Crippen LogP contribution in [-0.4, -0.2) is 48.7 Å². The molecule has 1 amide bonds. The number of ether oxygens (including phenoxy) is 1. The number of aromatic hydroxyl groups is 1. The number of phenols is 1. The van der Waals surface area contributed by atoms with E-state index in [1.807, 2.05) is 59.5 Å². The molecule has 184 valence electrons. The topological polar surface area (TPSA) is 53.0 Å². The number of amides is 1. The quantitative estimate of drug-likeness (QED) is 0.464. The van der Waals surface area contributed by atoms with Crippen molar-refractivity contribution >= 4 is 11.6 Å². The number of rotatable bonds is 7. The van der Waals surface area contributed by atoms with Gasteiger partial charge in [0.1, 0.15) is 18.1 Å². The standard InChI is InChI=1S/C18H26N2O2.C12H10O/c1-2-15-14-16(20-11-5-6-18(20)21)7-8-17(15)22-13-12-19-9-3-4-10-19;13-12-8-6-11(7-9-12)10-4-2-1-3-5-10/h7-8,14H,2-6,9-13H2,1H3;1-9,13H. The minimum absolute atomic E-state index is 0.241. The summed E-state index contributed by atoms with van der Waals surface area (Å²) in [6.45, 7) is 7.15. The first-order valence-corrected chi connectivity index (χ1v) is 12.8. The van der Waals surface area contributed by atoms with Gasteiger partial charge in [0.25, 0.3) is 0 Å². The first kappa shape index (κ1) is 24.8. The molecule has 5 nitrogen and oxygen atoms in total. The highest BCUT2D eigenvalue weighted by atomic mass is 16.5. The molecular formula is C30H36N2O3. The lowest BCUT2D eigenvalue weighted by molar-refractivity contribution is -0.117. The van der Waals surface area contributed by atoms with Crippen LogP contribution in [0.15, 0.2) is 72.8 Å². The van der Waals surface area contributed by atoms with Crippen molar-refractivity contribution in [2.45, 2.75) is 39.0 Å². The number of phenolic OH excluding ortho intramolecular Hbond substituents is 1. The number of likely N-dealkylation sites (tertiary alicyclic amines) is 1. The van der Waals surface area contributed by atoms with E-state index in [0.29, 0.717) is 12.2 Å². The number of nitrogens with zero attached hydrogens (tertiary/aromatic N) is 2. The van der Waals surface area contributed by atoms with Gasteiger partial charge in [0, 0.05) is 25.2 Å². The Balaban J connectivity index is 0.000000189. The fourth-order valence-corrected chi connectivity index (χ4v) is 4.65. The van der Waals surface area contributed by atoms with E-state index in [1.165, 1.54) is 37.1 Å². The van der Waals surface area contributed by atoms with Gasteiger partial charge in [0.2, 0.25) is 5.91 Å². The number of benzene rings is 3. The summed E-state index contributed by atoms with van der Waals surface area (Å²) >= 11 is 0. The van der Waals surface area contributed by atoms with E-state index in [9.17, 15) is 4.79 Å². The second kappa shape index (κ2) is 12.4. The average molecular weight is 473 g/mol. The molecule has 3 aromatic carbocycles. The Labute approximate surface area is 209 Å². The molecule has 0 aliphatic carbocycles. The van der Waals surface area contributed by atoms with Crippen LogP contribution in [0.5, 0.6) is 11.5 Å². The minimum atomic E-state index is 0.241. The van der Waals surface area contributed by atoms with Crippen LogP contribution in [0.4, 0.5) is 5.69 Å². The van der Waals surface area contributed by atoms with E-state index in [1.54, 1.807) is 12.1 Å². The zero-order valence-electron chi connectivity index (χ0n) is 20.7. The maximum atomic E-state index is 11.9. The SMILES string of the molecule is CCc1cc(N2CCCC2=O)ccc1OCCN1CCCC1.Oc1ccc(-c2ccccc2)cc1. The molecule has 0 atom stereocenters. The molecule has 3 aromatic rings. The predicted octanol–water partition coefficient (Wildman–Crippen LogP) is 5.91. The summed E-state index contributed by atoms with van der Waals surface area (Å²) in [7, 11) is 0. The molecule has 5 heteroatoms. The molecule has 2 saturated heterocycles. The van der Waals surface area contributed by atoms with Crippen molar-refractivity contribution in [1.29, 1.82) is 0 Å². The van der Waals surface area contributed by atoms with Gasteiger partial charge in [-0.2, -0.15) is 0 Å². The summed E-state index contributed by atoms with van der Waals surface area (Å²) in [5, 5.41) is 9.10. The fourth-order valence-electron chi connectivity index (χ4n) is 4.65.